The van der Waals surface area contributed by atoms with Crippen LogP contribution >= 0.6 is 23.1 Å². The van der Waals surface area contributed by atoms with E-state index in [1.54, 1.807) is 18.3 Å². The van der Waals surface area contributed by atoms with Crippen LogP contribution in [-0.2, 0) is 29.0 Å². The van der Waals surface area contributed by atoms with Gasteiger partial charge in [-0.1, -0.05) is 49.0 Å². The zero-order chi connectivity index (χ0) is 19.7. The average molecular weight is 415 g/mol. The number of aryl methyl sites for hydroxylation is 1. The van der Waals surface area contributed by atoms with Crippen molar-refractivity contribution < 1.29 is 9.53 Å². The summed E-state index contributed by atoms with van der Waals surface area (Å²) in [4.78, 5) is 34.5. The van der Waals surface area contributed by atoms with Gasteiger partial charge in [-0.15, -0.1) is 11.3 Å². The number of carbonyl (C=O) groups is 1. The van der Waals surface area contributed by atoms with Crippen LogP contribution in [0.15, 0.2) is 40.3 Å². The van der Waals surface area contributed by atoms with Gasteiger partial charge in [0.25, 0.3) is 5.56 Å². The second-order valence-corrected chi connectivity index (χ2v) is 9.67. The predicted octanol–water partition coefficient (Wildman–Crippen LogP) is 4.33. The van der Waals surface area contributed by atoms with Gasteiger partial charge in [0, 0.05) is 4.88 Å². The maximum atomic E-state index is 12.7. The van der Waals surface area contributed by atoms with Crippen molar-refractivity contribution in [2.45, 2.75) is 50.1 Å². The first-order valence-electron chi connectivity index (χ1n) is 9.43. The summed E-state index contributed by atoms with van der Waals surface area (Å²) in [7, 11) is 0. The van der Waals surface area contributed by atoms with E-state index in [0.717, 1.165) is 35.0 Å². The van der Waals surface area contributed by atoms with Crippen LogP contribution in [0.3, 0.4) is 0 Å². The summed E-state index contributed by atoms with van der Waals surface area (Å²) in [6.07, 6.45) is 3.06. The zero-order valence-corrected chi connectivity index (χ0v) is 17.5. The van der Waals surface area contributed by atoms with Crippen molar-refractivity contribution in [1.82, 2.24) is 9.97 Å². The van der Waals surface area contributed by atoms with Crippen LogP contribution in [0.25, 0.3) is 10.2 Å². The monoisotopic (exact) mass is 414 g/mol. The lowest BCUT2D eigenvalue weighted by atomic mass is 9.89. The highest BCUT2D eigenvalue weighted by Crippen LogP contribution is 2.36. The number of hydrogen-bond donors (Lipinski definition) is 1. The molecule has 4 rings (SSSR count). The van der Waals surface area contributed by atoms with Crippen molar-refractivity contribution in [3.8, 4) is 0 Å². The van der Waals surface area contributed by atoms with E-state index in [-0.39, 0.29) is 18.1 Å². The standard InChI is InChI=1S/C21H22N2O3S2/c1-12-8-9-15-16(10-12)28-19-17(15)18(24)22-21(23-19)27-13(2)20(25)26-11-14-6-4-3-5-7-14/h3-7,12-13H,8-11H2,1-2H3,(H,22,23,24)/t12-,13+/m0/s1. The second kappa shape index (κ2) is 8.09. The van der Waals surface area contributed by atoms with Crippen molar-refractivity contribution in [1.29, 1.82) is 0 Å². The third kappa shape index (κ3) is 4.00. The number of aromatic nitrogens is 2. The predicted molar refractivity (Wildman–Crippen MR) is 113 cm³/mol. The Hall–Kier alpha value is -2.12. The lowest BCUT2D eigenvalue weighted by Crippen LogP contribution is -2.18. The van der Waals surface area contributed by atoms with Gasteiger partial charge in [-0.3, -0.25) is 9.59 Å². The maximum absolute atomic E-state index is 12.7. The first kappa shape index (κ1) is 19.2. The molecule has 0 aliphatic heterocycles. The van der Waals surface area contributed by atoms with Gasteiger partial charge < -0.3 is 9.72 Å². The van der Waals surface area contributed by atoms with Gasteiger partial charge in [0.2, 0.25) is 0 Å². The molecule has 7 heteroatoms. The van der Waals surface area contributed by atoms with Crippen LogP contribution in [0.2, 0.25) is 0 Å². The van der Waals surface area contributed by atoms with E-state index in [2.05, 4.69) is 16.9 Å². The second-order valence-electron chi connectivity index (χ2n) is 7.26. The van der Waals surface area contributed by atoms with E-state index >= 15 is 0 Å². The van der Waals surface area contributed by atoms with E-state index in [1.807, 2.05) is 30.3 Å². The number of thioether (sulfide) groups is 1. The molecule has 1 N–H and O–H groups in total. The first-order valence-corrected chi connectivity index (χ1v) is 11.1. The third-order valence-corrected chi connectivity index (χ3v) is 7.10. The minimum Gasteiger partial charge on any atom is -0.460 e. The Balaban J connectivity index is 1.48. The van der Waals surface area contributed by atoms with Crippen LogP contribution < -0.4 is 5.56 Å². The summed E-state index contributed by atoms with van der Waals surface area (Å²) >= 11 is 2.84. The van der Waals surface area contributed by atoms with Crippen molar-refractivity contribution in [2.24, 2.45) is 5.92 Å². The summed E-state index contributed by atoms with van der Waals surface area (Å²) < 4.78 is 5.38. The number of esters is 1. The molecule has 0 saturated heterocycles. The average Bonchev–Trinajstić information content (AvgIpc) is 3.04. The Morgan fingerprint density at radius 2 is 2.18 bits per heavy atom. The molecule has 0 saturated carbocycles. The molecule has 0 unspecified atom stereocenters. The van der Waals surface area contributed by atoms with Crippen molar-refractivity contribution in [3.05, 3.63) is 56.7 Å². The van der Waals surface area contributed by atoms with E-state index in [4.69, 9.17) is 4.74 Å². The van der Waals surface area contributed by atoms with E-state index in [0.29, 0.717) is 11.1 Å². The molecular weight excluding hydrogens is 392 g/mol. The molecule has 1 aromatic carbocycles. The van der Waals surface area contributed by atoms with Gasteiger partial charge >= 0.3 is 5.97 Å². The Morgan fingerprint density at radius 1 is 1.39 bits per heavy atom. The van der Waals surface area contributed by atoms with Crippen LogP contribution in [0.1, 0.15) is 36.3 Å². The van der Waals surface area contributed by atoms with Crippen LogP contribution in [0, 0.1) is 5.92 Å². The molecule has 2 heterocycles. The number of ether oxygens (including phenoxy) is 1. The number of hydrogen-bond acceptors (Lipinski definition) is 6. The van der Waals surface area contributed by atoms with Gasteiger partial charge in [0.05, 0.1) is 5.39 Å². The van der Waals surface area contributed by atoms with E-state index in [9.17, 15) is 9.59 Å². The maximum Gasteiger partial charge on any atom is 0.319 e. The fourth-order valence-electron chi connectivity index (χ4n) is 3.45. The summed E-state index contributed by atoms with van der Waals surface area (Å²) in [5, 5.41) is 0.739. The van der Waals surface area contributed by atoms with Gasteiger partial charge in [0.1, 0.15) is 16.7 Å². The van der Waals surface area contributed by atoms with Crippen molar-refractivity contribution in [3.63, 3.8) is 0 Å². The quantitative estimate of drug-likeness (QED) is 0.382. The minimum atomic E-state index is -0.459. The van der Waals surface area contributed by atoms with Gasteiger partial charge in [-0.25, -0.2) is 4.98 Å². The van der Waals surface area contributed by atoms with Crippen LogP contribution in [-0.4, -0.2) is 21.2 Å². The largest absolute Gasteiger partial charge is 0.460 e. The summed E-state index contributed by atoms with van der Waals surface area (Å²) in [6.45, 7) is 4.25. The number of H-pyrrole nitrogens is 1. The Morgan fingerprint density at radius 3 is 2.96 bits per heavy atom. The normalized spacial score (nSPS) is 17.3. The number of thiophene rings is 1. The lowest BCUT2D eigenvalue weighted by molar-refractivity contribution is -0.143. The Labute approximate surface area is 171 Å². The molecule has 3 aromatic rings. The minimum absolute atomic E-state index is 0.107. The summed E-state index contributed by atoms with van der Waals surface area (Å²) in [5.41, 5.74) is 2.00. The summed E-state index contributed by atoms with van der Waals surface area (Å²) in [6, 6.07) is 9.57. The molecule has 0 fully saturated rings. The van der Waals surface area contributed by atoms with Gasteiger partial charge in [-0.2, -0.15) is 0 Å². The molecular formula is C21H22N2O3S2. The molecule has 0 amide bonds. The first-order chi connectivity index (χ1) is 13.5. The van der Waals surface area contributed by atoms with Gasteiger partial charge in [0.15, 0.2) is 5.16 Å². The number of benzene rings is 1. The highest BCUT2D eigenvalue weighted by atomic mass is 32.2. The van der Waals surface area contributed by atoms with E-state index < -0.39 is 5.25 Å². The number of nitrogens with zero attached hydrogens (tertiary/aromatic N) is 1. The molecule has 2 atom stereocenters. The molecule has 1 aliphatic rings. The van der Waals surface area contributed by atoms with Crippen LogP contribution in [0.4, 0.5) is 0 Å². The fourth-order valence-corrected chi connectivity index (χ4v) is 5.68. The molecule has 0 radical (unpaired) electrons. The molecule has 28 heavy (non-hydrogen) atoms. The number of fused-ring (bicyclic) bond motifs is 3. The molecule has 0 bridgehead atoms. The van der Waals surface area contributed by atoms with Crippen molar-refractivity contribution >= 4 is 39.3 Å². The number of rotatable bonds is 5. The van der Waals surface area contributed by atoms with E-state index in [1.165, 1.54) is 22.2 Å². The molecule has 1 aliphatic carbocycles. The Kier molecular flexibility index (Phi) is 5.55. The number of aromatic amines is 1. The molecule has 0 spiro atoms. The Bertz CT molecular complexity index is 1060. The number of nitrogens with one attached hydrogen (secondary N) is 1. The van der Waals surface area contributed by atoms with Gasteiger partial charge in [-0.05, 0) is 43.2 Å². The molecule has 2 aromatic heterocycles. The third-order valence-electron chi connectivity index (χ3n) is 4.99. The highest BCUT2D eigenvalue weighted by molar-refractivity contribution is 8.00. The van der Waals surface area contributed by atoms with Crippen molar-refractivity contribution in [2.75, 3.05) is 0 Å². The fraction of sp³-hybridized carbons (Fsp3) is 0.381. The lowest BCUT2D eigenvalue weighted by Gasteiger charge is -2.17. The molecule has 146 valence electrons. The summed E-state index contributed by atoms with van der Waals surface area (Å²) in [5.74, 6) is 0.323. The zero-order valence-electron chi connectivity index (χ0n) is 15.9. The number of carbonyl (C=O) groups excluding carboxylic acids is 1. The molecule has 5 nitrogen and oxygen atoms in total. The smallest absolute Gasteiger partial charge is 0.319 e. The topological polar surface area (TPSA) is 72.0 Å². The highest BCUT2D eigenvalue weighted by Gasteiger charge is 2.24. The van der Waals surface area contributed by atoms with Crippen LogP contribution in [0.5, 0.6) is 0 Å². The SMILES string of the molecule is C[C@H]1CCc2c(sc3nc(S[C@H](C)C(=O)OCc4ccccc4)[nH]c(=O)c23)C1.